The zero-order valence-corrected chi connectivity index (χ0v) is 14.8. The normalized spacial score (nSPS) is 20.9. The maximum atomic E-state index is 14.6. The minimum Gasteiger partial charge on any atom is -0.465 e. The minimum absolute atomic E-state index is 0.147. The number of rotatable bonds is 2. The molecule has 0 bridgehead atoms. The molecule has 138 valence electrons. The van der Waals surface area contributed by atoms with Crippen LogP contribution in [-0.2, 0) is 9.47 Å². The second kappa shape index (κ2) is 7.25. The first-order valence-electron chi connectivity index (χ1n) is 8.05. The van der Waals surface area contributed by atoms with Gasteiger partial charge in [-0.25, -0.2) is 14.0 Å². The van der Waals surface area contributed by atoms with Gasteiger partial charge in [0.25, 0.3) is 5.56 Å². The maximum absolute atomic E-state index is 14.6. The van der Waals surface area contributed by atoms with Crippen LogP contribution in [0.1, 0.15) is 43.6 Å². The third kappa shape index (κ3) is 4.37. The molecule has 0 radical (unpaired) electrons. The molecule has 2 rings (SSSR count). The summed E-state index contributed by atoms with van der Waals surface area (Å²) < 4.78 is 25.7. The Morgan fingerprint density at radius 3 is 2.56 bits per heavy atom. The van der Waals surface area contributed by atoms with Gasteiger partial charge in [-0.05, 0) is 39.3 Å². The van der Waals surface area contributed by atoms with E-state index >= 15 is 0 Å². The molecule has 8 heteroatoms. The Hall–Kier alpha value is -2.38. The lowest BCUT2D eigenvalue weighted by atomic mass is 10.0. The fourth-order valence-corrected chi connectivity index (χ4v) is 2.73. The zero-order valence-electron chi connectivity index (χ0n) is 14.8. The van der Waals surface area contributed by atoms with Crippen LogP contribution in [0, 0.1) is 0 Å². The molecule has 2 heterocycles. The number of carbonyl (C=O) groups excluding carboxylic acids is 2. The average Bonchev–Trinajstić information content (AvgIpc) is 2.53. The zero-order chi connectivity index (χ0) is 18.8. The Bertz CT molecular complexity index is 710. The molecule has 2 atom stereocenters. The molecule has 0 aromatic carbocycles. The van der Waals surface area contributed by atoms with Crippen molar-refractivity contribution in [1.82, 2.24) is 9.47 Å². The molecule has 0 spiro atoms. The van der Waals surface area contributed by atoms with Gasteiger partial charge in [-0.15, -0.1) is 0 Å². The summed E-state index contributed by atoms with van der Waals surface area (Å²) >= 11 is 0. The van der Waals surface area contributed by atoms with E-state index in [1.54, 1.807) is 20.8 Å². The van der Waals surface area contributed by atoms with Gasteiger partial charge < -0.3 is 18.9 Å². The fourth-order valence-electron chi connectivity index (χ4n) is 2.73. The summed E-state index contributed by atoms with van der Waals surface area (Å²) in [5, 5.41) is 0. The average molecular weight is 354 g/mol. The van der Waals surface area contributed by atoms with Gasteiger partial charge >= 0.3 is 12.1 Å². The number of halogens is 1. The molecule has 0 saturated carbocycles. The molecule has 25 heavy (non-hydrogen) atoms. The Balaban J connectivity index is 2.16. The van der Waals surface area contributed by atoms with Gasteiger partial charge in [0.15, 0.2) is 0 Å². The number of aromatic nitrogens is 1. The van der Waals surface area contributed by atoms with Crippen molar-refractivity contribution in [2.24, 2.45) is 0 Å². The molecule has 1 aromatic rings. The van der Waals surface area contributed by atoms with Crippen LogP contribution in [0.15, 0.2) is 23.1 Å². The number of ether oxygens (including phenoxy) is 2. The van der Waals surface area contributed by atoms with Crippen LogP contribution in [0.3, 0.4) is 0 Å². The summed E-state index contributed by atoms with van der Waals surface area (Å²) in [6.45, 7) is 5.30. The second-order valence-electron chi connectivity index (χ2n) is 6.92. The van der Waals surface area contributed by atoms with E-state index < -0.39 is 35.4 Å². The quantitative estimate of drug-likeness (QED) is 0.761. The molecule has 1 saturated heterocycles. The summed E-state index contributed by atoms with van der Waals surface area (Å²) in [6, 6.07) is 2.09. The Morgan fingerprint density at radius 2 is 2.00 bits per heavy atom. The molecule has 7 nitrogen and oxygen atoms in total. The molecule has 1 fully saturated rings. The Morgan fingerprint density at radius 1 is 1.32 bits per heavy atom. The van der Waals surface area contributed by atoms with Crippen molar-refractivity contribution >= 4 is 12.1 Å². The van der Waals surface area contributed by atoms with E-state index in [1.807, 2.05) is 0 Å². The van der Waals surface area contributed by atoms with E-state index in [9.17, 15) is 18.8 Å². The van der Waals surface area contributed by atoms with E-state index in [0.717, 1.165) is 0 Å². The van der Waals surface area contributed by atoms with Crippen molar-refractivity contribution in [3.05, 3.63) is 34.2 Å². The minimum atomic E-state index is -1.45. The van der Waals surface area contributed by atoms with Gasteiger partial charge in [-0.2, -0.15) is 0 Å². The summed E-state index contributed by atoms with van der Waals surface area (Å²) in [4.78, 5) is 37.4. The van der Waals surface area contributed by atoms with Gasteiger partial charge in [0.05, 0.1) is 19.7 Å². The van der Waals surface area contributed by atoms with E-state index in [2.05, 4.69) is 4.74 Å². The molecule has 0 N–H and O–H groups in total. The lowest BCUT2D eigenvalue weighted by Crippen LogP contribution is -2.49. The van der Waals surface area contributed by atoms with Crippen LogP contribution < -0.4 is 5.56 Å². The topological polar surface area (TPSA) is 77.8 Å². The number of methoxy groups -OCH3 is 1. The number of nitrogens with zero attached hydrogens (tertiary/aromatic N) is 2. The van der Waals surface area contributed by atoms with E-state index in [4.69, 9.17) is 4.74 Å². The second-order valence-corrected chi connectivity index (χ2v) is 6.92. The lowest BCUT2D eigenvalue weighted by molar-refractivity contribution is 0.00647. The third-order valence-corrected chi connectivity index (χ3v) is 3.90. The fraction of sp³-hybridized carbons (Fsp3) is 0.588. The third-order valence-electron chi connectivity index (χ3n) is 3.90. The first-order chi connectivity index (χ1) is 11.6. The molecule has 0 aliphatic carbocycles. The Kier molecular flexibility index (Phi) is 5.49. The van der Waals surface area contributed by atoms with Crippen molar-refractivity contribution in [1.29, 1.82) is 0 Å². The first kappa shape index (κ1) is 19.0. The number of carbonyl (C=O) groups is 2. The summed E-state index contributed by atoms with van der Waals surface area (Å²) in [5.41, 5.74) is -1.41. The van der Waals surface area contributed by atoms with Crippen LogP contribution in [0.2, 0.25) is 0 Å². The monoisotopic (exact) mass is 354 g/mol. The number of amides is 1. The lowest BCUT2D eigenvalue weighted by Gasteiger charge is -2.36. The van der Waals surface area contributed by atoms with E-state index in [0.29, 0.717) is 0 Å². The predicted molar refractivity (Wildman–Crippen MR) is 88.4 cm³/mol. The molecular weight excluding hydrogens is 331 g/mol. The van der Waals surface area contributed by atoms with Crippen LogP contribution >= 0.6 is 0 Å². The highest BCUT2D eigenvalue weighted by molar-refractivity contribution is 5.88. The van der Waals surface area contributed by atoms with Gasteiger partial charge in [0.1, 0.15) is 17.3 Å². The van der Waals surface area contributed by atoms with E-state index in [1.165, 1.54) is 34.9 Å². The first-order valence-corrected chi connectivity index (χ1v) is 8.05. The number of pyridine rings is 1. The van der Waals surface area contributed by atoms with Gasteiger partial charge in [0, 0.05) is 12.7 Å². The number of hydrogen-bond donors (Lipinski definition) is 0. The highest BCUT2D eigenvalue weighted by Gasteiger charge is 2.35. The smallest absolute Gasteiger partial charge is 0.410 e. The van der Waals surface area contributed by atoms with Crippen molar-refractivity contribution in [3.8, 4) is 0 Å². The van der Waals surface area contributed by atoms with Gasteiger partial charge in [-0.3, -0.25) is 4.79 Å². The van der Waals surface area contributed by atoms with Gasteiger partial charge in [0.2, 0.25) is 0 Å². The Labute approximate surface area is 145 Å². The van der Waals surface area contributed by atoms with Crippen LogP contribution in [0.4, 0.5) is 9.18 Å². The van der Waals surface area contributed by atoms with Crippen LogP contribution in [-0.4, -0.2) is 53.5 Å². The number of piperidine rings is 1. The largest absolute Gasteiger partial charge is 0.465 e. The molecule has 1 aromatic heterocycles. The highest BCUT2D eigenvalue weighted by Crippen LogP contribution is 2.25. The number of esters is 1. The standard InChI is InChI=1S/C17H23FN2O5/c1-17(2,3)25-16(23)19-9-7-13(12(18)10-19)20-8-5-6-11(14(20)21)15(22)24-4/h5-6,8,12-13H,7,9-10H2,1-4H3/t12?,13-/m0/s1. The maximum Gasteiger partial charge on any atom is 0.410 e. The number of hydrogen-bond acceptors (Lipinski definition) is 5. The van der Waals surface area contributed by atoms with E-state index in [-0.39, 0.29) is 25.1 Å². The van der Waals surface area contributed by atoms with Crippen LogP contribution in [0.25, 0.3) is 0 Å². The summed E-state index contributed by atoms with van der Waals surface area (Å²) in [6.07, 6.45) is -0.351. The number of likely N-dealkylation sites (tertiary alicyclic amines) is 1. The SMILES string of the molecule is COC(=O)c1cccn([C@H]2CCN(C(=O)OC(C)(C)C)CC2F)c1=O. The predicted octanol–water partition coefficient (Wildman–Crippen LogP) is 2.15. The van der Waals surface area contributed by atoms with Crippen molar-refractivity contribution in [2.75, 3.05) is 20.2 Å². The highest BCUT2D eigenvalue weighted by atomic mass is 19.1. The summed E-state index contributed by atoms with van der Waals surface area (Å²) in [5.74, 6) is -0.763. The molecule has 1 aliphatic heterocycles. The molecule has 1 unspecified atom stereocenters. The van der Waals surface area contributed by atoms with Crippen molar-refractivity contribution in [2.45, 2.75) is 45.0 Å². The van der Waals surface area contributed by atoms with Gasteiger partial charge in [-0.1, -0.05) is 0 Å². The van der Waals surface area contributed by atoms with Crippen molar-refractivity contribution < 1.29 is 23.5 Å². The summed E-state index contributed by atoms with van der Waals surface area (Å²) in [7, 11) is 1.18. The van der Waals surface area contributed by atoms with Crippen LogP contribution in [0.5, 0.6) is 0 Å². The van der Waals surface area contributed by atoms with Crippen molar-refractivity contribution in [3.63, 3.8) is 0 Å². The molecule has 1 amide bonds. The molecule has 1 aliphatic rings. The molecular formula is C17H23FN2O5. The number of alkyl halides is 1.